The van der Waals surface area contributed by atoms with Crippen LogP contribution >= 0.6 is 0 Å². The van der Waals surface area contributed by atoms with Gasteiger partial charge in [-0.05, 0) is 51.4 Å². The Labute approximate surface area is 162 Å². The molecule has 5 heteroatoms. The molecule has 2 heterocycles. The Kier molecular flexibility index (Phi) is 5.21. The van der Waals surface area contributed by atoms with Crippen molar-refractivity contribution < 1.29 is 10.9 Å². The highest BCUT2D eigenvalue weighted by atomic mass is 16.5. The standard InChI is InChI=1S/C22H29N3O2.H2/c1-25(2)11-4-12-27-21-14-19-16(13-20(21)26-3)22-17(8-7-15-5-6-15)23-10-9-18(22)24-19;/h9-10,13-15,24H,4-8,11-12H2,1-3H3;1H. The van der Waals surface area contributed by atoms with Crippen LogP contribution in [0.1, 0.15) is 32.8 Å². The Morgan fingerprint density at radius 3 is 2.81 bits per heavy atom. The van der Waals surface area contributed by atoms with E-state index >= 15 is 0 Å². The lowest BCUT2D eigenvalue weighted by molar-refractivity contribution is 0.268. The molecule has 3 aromatic rings. The second-order valence-electron chi connectivity index (χ2n) is 7.84. The van der Waals surface area contributed by atoms with Gasteiger partial charge in [-0.1, -0.05) is 12.8 Å². The van der Waals surface area contributed by atoms with Crippen LogP contribution in [-0.2, 0) is 6.42 Å². The van der Waals surface area contributed by atoms with Crippen molar-refractivity contribution in [2.24, 2.45) is 5.92 Å². The van der Waals surface area contributed by atoms with Gasteiger partial charge in [0.2, 0.25) is 0 Å². The smallest absolute Gasteiger partial charge is 0.163 e. The molecule has 4 rings (SSSR count). The molecule has 1 aromatic carbocycles. The lowest BCUT2D eigenvalue weighted by Gasteiger charge is -2.13. The van der Waals surface area contributed by atoms with Crippen LogP contribution in [0.3, 0.4) is 0 Å². The third kappa shape index (κ3) is 4.03. The Bertz CT molecular complexity index is 934. The summed E-state index contributed by atoms with van der Waals surface area (Å²) in [7, 11) is 5.85. The van der Waals surface area contributed by atoms with Crippen LogP contribution in [-0.4, -0.2) is 49.2 Å². The highest BCUT2D eigenvalue weighted by Crippen LogP contribution is 2.38. The number of fused-ring (bicyclic) bond motifs is 3. The fourth-order valence-corrected chi connectivity index (χ4v) is 3.70. The minimum absolute atomic E-state index is 0. The molecule has 0 amide bonds. The van der Waals surface area contributed by atoms with Crippen molar-refractivity contribution in [3.8, 4) is 11.5 Å². The first-order valence-electron chi connectivity index (χ1n) is 9.90. The van der Waals surface area contributed by atoms with E-state index in [2.05, 4.69) is 47.2 Å². The van der Waals surface area contributed by atoms with Crippen molar-refractivity contribution in [1.82, 2.24) is 14.9 Å². The van der Waals surface area contributed by atoms with Crippen molar-refractivity contribution >= 4 is 21.8 Å². The summed E-state index contributed by atoms with van der Waals surface area (Å²) in [5.41, 5.74) is 3.40. The van der Waals surface area contributed by atoms with Crippen molar-refractivity contribution in [1.29, 1.82) is 0 Å². The highest BCUT2D eigenvalue weighted by Gasteiger charge is 2.22. The normalized spacial score (nSPS) is 14.4. The molecule has 0 bridgehead atoms. The second-order valence-corrected chi connectivity index (χ2v) is 7.84. The molecule has 1 aliphatic rings. The molecule has 5 nitrogen and oxygen atoms in total. The van der Waals surface area contributed by atoms with E-state index in [1.807, 2.05) is 6.20 Å². The number of hydrogen-bond acceptors (Lipinski definition) is 4. The maximum absolute atomic E-state index is 6.01. The molecular weight excluding hydrogens is 338 g/mol. The lowest BCUT2D eigenvalue weighted by atomic mass is 10.1. The average molecular weight is 370 g/mol. The number of methoxy groups -OCH3 is 1. The first-order chi connectivity index (χ1) is 13.2. The van der Waals surface area contributed by atoms with E-state index in [0.29, 0.717) is 6.61 Å². The number of nitrogens with one attached hydrogen (secondary N) is 1. The van der Waals surface area contributed by atoms with Crippen molar-refractivity contribution in [3.63, 3.8) is 0 Å². The van der Waals surface area contributed by atoms with Gasteiger partial charge >= 0.3 is 0 Å². The van der Waals surface area contributed by atoms with Crippen LogP contribution in [0.25, 0.3) is 21.8 Å². The van der Waals surface area contributed by atoms with Gasteiger partial charge in [0.25, 0.3) is 0 Å². The Hall–Kier alpha value is -2.27. The molecule has 0 saturated heterocycles. The molecule has 0 atom stereocenters. The van der Waals surface area contributed by atoms with Crippen LogP contribution < -0.4 is 9.47 Å². The summed E-state index contributed by atoms with van der Waals surface area (Å²) >= 11 is 0. The molecule has 27 heavy (non-hydrogen) atoms. The van der Waals surface area contributed by atoms with E-state index in [4.69, 9.17) is 9.47 Å². The number of hydrogen-bond donors (Lipinski definition) is 1. The summed E-state index contributed by atoms with van der Waals surface area (Å²) in [6.45, 7) is 1.68. The number of rotatable bonds is 9. The van der Waals surface area contributed by atoms with Gasteiger partial charge in [-0.3, -0.25) is 4.98 Å². The van der Waals surface area contributed by atoms with E-state index in [0.717, 1.165) is 47.8 Å². The fraction of sp³-hybridized carbons (Fsp3) is 0.500. The minimum Gasteiger partial charge on any atom is -0.493 e. The van der Waals surface area contributed by atoms with Crippen LogP contribution in [0.15, 0.2) is 24.4 Å². The zero-order valence-corrected chi connectivity index (χ0v) is 16.5. The zero-order chi connectivity index (χ0) is 18.8. The number of pyridine rings is 1. The molecule has 146 valence electrons. The van der Waals surface area contributed by atoms with E-state index in [1.165, 1.54) is 35.7 Å². The number of ether oxygens (including phenoxy) is 2. The number of aryl methyl sites for hydroxylation is 1. The van der Waals surface area contributed by atoms with Crippen molar-refractivity contribution in [2.75, 3.05) is 34.4 Å². The summed E-state index contributed by atoms with van der Waals surface area (Å²) < 4.78 is 11.6. The van der Waals surface area contributed by atoms with Gasteiger partial charge in [0, 0.05) is 36.5 Å². The summed E-state index contributed by atoms with van der Waals surface area (Å²) in [6.07, 6.45) is 7.94. The summed E-state index contributed by atoms with van der Waals surface area (Å²) in [6, 6.07) is 6.21. The molecule has 1 N–H and O–H groups in total. The summed E-state index contributed by atoms with van der Waals surface area (Å²) in [5, 5.41) is 2.40. The molecule has 2 aromatic heterocycles. The quantitative estimate of drug-likeness (QED) is 0.558. The molecule has 0 aliphatic heterocycles. The first-order valence-corrected chi connectivity index (χ1v) is 9.90. The number of aromatic amines is 1. The van der Waals surface area contributed by atoms with Gasteiger partial charge in [-0.25, -0.2) is 0 Å². The van der Waals surface area contributed by atoms with Crippen LogP contribution in [0, 0.1) is 5.92 Å². The van der Waals surface area contributed by atoms with Gasteiger partial charge in [0.1, 0.15) is 0 Å². The second kappa shape index (κ2) is 7.77. The monoisotopic (exact) mass is 369 g/mol. The van der Waals surface area contributed by atoms with Crippen LogP contribution in [0.4, 0.5) is 0 Å². The van der Waals surface area contributed by atoms with Crippen LogP contribution in [0.2, 0.25) is 0 Å². The first kappa shape index (κ1) is 18.1. The van der Waals surface area contributed by atoms with Gasteiger partial charge in [0.15, 0.2) is 11.5 Å². The third-order valence-electron chi connectivity index (χ3n) is 5.37. The number of nitrogens with zero attached hydrogens (tertiary/aromatic N) is 2. The Morgan fingerprint density at radius 1 is 1.22 bits per heavy atom. The van der Waals surface area contributed by atoms with Gasteiger partial charge in [0.05, 0.1) is 24.9 Å². The molecule has 0 unspecified atom stereocenters. The van der Waals surface area contributed by atoms with Gasteiger partial charge in [-0.15, -0.1) is 0 Å². The maximum atomic E-state index is 6.01. The largest absolute Gasteiger partial charge is 0.493 e. The predicted molar refractivity (Wildman–Crippen MR) is 112 cm³/mol. The minimum atomic E-state index is 0. The van der Waals surface area contributed by atoms with E-state index in [-0.39, 0.29) is 1.43 Å². The van der Waals surface area contributed by atoms with Crippen molar-refractivity contribution in [3.05, 3.63) is 30.1 Å². The number of benzene rings is 1. The molecule has 0 radical (unpaired) electrons. The van der Waals surface area contributed by atoms with Gasteiger partial charge in [-0.2, -0.15) is 0 Å². The Balaban J connectivity index is 0.00000225. The Morgan fingerprint density at radius 2 is 2.07 bits per heavy atom. The van der Waals surface area contributed by atoms with Gasteiger partial charge < -0.3 is 19.4 Å². The molecular formula is C22H31N3O2. The topological polar surface area (TPSA) is 50.4 Å². The molecule has 0 spiro atoms. The third-order valence-corrected chi connectivity index (χ3v) is 5.37. The van der Waals surface area contributed by atoms with E-state index in [9.17, 15) is 0 Å². The fourth-order valence-electron chi connectivity index (χ4n) is 3.70. The van der Waals surface area contributed by atoms with Crippen molar-refractivity contribution in [2.45, 2.75) is 32.1 Å². The number of H-pyrrole nitrogens is 1. The summed E-state index contributed by atoms with van der Waals surface area (Å²) in [5.74, 6) is 2.48. The number of aromatic nitrogens is 2. The maximum Gasteiger partial charge on any atom is 0.163 e. The van der Waals surface area contributed by atoms with E-state index in [1.54, 1.807) is 7.11 Å². The summed E-state index contributed by atoms with van der Waals surface area (Å²) in [4.78, 5) is 10.4. The molecule has 1 fully saturated rings. The van der Waals surface area contributed by atoms with E-state index < -0.39 is 0 Å². The lowest BCUT2D eigenvalue weighted by Crippen LogP contribution is -2.15. The van der Waals surface area contributed by atoms with Crippen LogP contribution in [0.5, 0.6) is 11.5 Å². The predicted octanol–water partition coefficient (Wildman–Crippen LogP) is 4.64. The zero-order valence-electron chi connectivity index (χ0n) is 16.5. The molecule has 1 saturated carbocycles. The SMILES string of the molecule is COc1cc2c(cc1OCCCN(C)C)[nH]c1ccnc(CCC3CC3)c12.[HH]. The average Bonchev–Trinajstić information content (AvgIpc) is 3.42. The molecule has 1 aliphatic carbocycles. The highest BCUT2D eigenvalue weighted by molar-refractivity contribution is 6.09.